The van der Waals surface area contributed by atoms with Gasteiger partial charge in [0, 0.05) is 47.1 Å². The molecule has 3 unspecified atom stereocenters. The van der Waals surface area contributed by atoms with Crippen LogP contribution in [0.4, 0.5) is 19.0 Å². The molecular formula is C35H33F3N6O3. The number of aromatic nitrogens is 5. The van der Waals surface area contributed by atoms with Crippen LogP contribution in [0.2, 0.25) is 0 Å². The molecule has 242 valence electrons. The summed E-state index contributed by atoms with van der Waals surface area (Å²) >= 11 is 0. The van der Waals surface area contributed by atoms with Crippen LogP contribution in [0.25, 0.3) is 27.7 Å². The molecule has 2 aliphatic carbocycles. The fourth-order valence-corrected chi connectivity index (χ4v) is 7.79. The van der Waals surface area contributed by atoms with Gasteiger partial charge in [0.1, 0.15) is 11.5 Å². The number of amides is 1. The lowest BCUT2D eigenvalue weighted by atomic mass is 9.76. The number of Topliss-reactive ketones (excluding diaryl/α,β-unsaturated/α-hetero) is 2. The van der Waals surface area contributed by atoms with Crippen molar-refractivity contribution in [3.63, 3.8) is 0 Å². The fourth-order valence-electron chi connectivity index (χ4n) is 7.79. The molecule has 12 heteroatoms. The standard InChI is InChI=1S/C35H33F3N6O3/c1-17-5-8-28(35(36,37)38)40-33(17)41-34(47)31-22-7-6-21(11-22)30(31)27(46)16-43-15-26(20(4)45)25-12-23(9-18(2)32(25)43)24-13-39-29-10-19(3)42-44(29)14-24/h5,8-10,12-15,21-22,30-31H,6-7,11,16H2,1-4H3,(H,40,41,47)/t21?,22?,30?,31-/m0/s1. The summed E-state index contributed by atoms with van der Waals surface area (Å²) < 4.78 is 43.5. The summed E-state index contributed by atoms with van der Waals surface area (Å²) in [5.74, 6) is -2.20. The van der Waals surface area contributed by atoms with Gasteiger partial charge in [-0.15, -0.1) is 0 Å². The Hall–Kier alpha value is -4.87. The number of nitrogens with zero attached hydrogens (tertiary/aromatic N) is 5. The highest BCUT2D eigenvalue weighted by Crippen LogP contribution is 2.53. The van der Waals surface area contributed by atoms with Crippen molar-refractivity contribution in [1.82, 2.24) is 24.1 Å². The zero-order chi connectivity index (χ0) is 33.4. The van der Waals surface area contributed by atoms with Gasteiger partial charge >= 0.3 is 6.18 Å². The Kier molecular flexibility index (Phi) is 7.29. The van der Waals surface area contributed by atoms with Gasteiger partial charge in [0.05, 0.1) is 23.7 Å². The van der Waals surface area contributed by atoms with Crippen LogP contribution in [0, 0.1) is 44.4 Å². The molecule has 47 heavy (non-hydrogen) atoms. The summed E-state index contributed by atoms with van der Waals surface area (Å²) in [4.78, 5) is 48.8. The molecule has 0 radical (unpaired) electrons. The Morgan fingerprint density at radius 2 is 1.70 bits per heavy atom. The van der Waals surface area contributed by atoms with Crippen LogP contribution in [0.15, 0.2) is 48.9 Å². The van der Waals surface area contributed by atoms with Gasteiger partial charge in [-0.1, -0.05) is 6.07 Å². The van der Waals surface area contributed by atoms with E-state index in [1.54, 1.807) is 28.4 Å². The lowest BCUT2D eigenvalue weighted by Gasteiger charge is -2.29. The maximum atomic E-state index is 14.1. The fraction of sp³-hybridized carbons (Fsp3) is 0.371. The second-order valence-electron chi connectivity index (χ2n) is 13.0. The minimum Gasteiger partial charge on any atom is -0.339 e. The molecule has 1 N–H and O–H groups in total. The minimum absolute atomic E-state index is 0.00830. The number of carbonyl (C=O) groups is 3. The molecule has 2 bridgehead atoms. The maximum absolute atomic E-state index is 14.1. The molecule has 0 spiro atoms. The third kappa shape index (κ3) is 5.39. The zero-order valence-electron chi connectivity index (χ0n) is 26.4. The number of halogens is 3. The number of hydrogen-bond donors (Lipinski definition) is 1. The molecule has 5 aromatic rings. The first-order valence-electron chi connectivity index (χ1n) is 15.6. The van der Waals surface area contributed by atoms with Crippen molar-refractivity contribution in [3.05, 3.63) is 77.0 Å². The highest BCUT2D eigenvalue weighted by molar-refractivity contribution is 6.09. The monoisotopic (exact) mass is 642 g/mol. The summed E-state index contributed by atoms with van der Waals surface area (Å²) in [6, 6.07) is 7.96. The molecular weight excluding hydrogens is 609 g/mol. The quantitative estimate of drug-likeness (QED) is 0.196. The molecule has 1 aromatic carbocycles. The number of nitrogens with one attached hydrogen (secondary N) is 1. The number of pyridine rings is 1. The smallest absolute Gasteiger partial charge is 0.339 e. The molecule has 0 saturated heterocycles. The first-order chi connectivity index (χ1) is 22.3. The summed E-state index contributed by atoms with van der Waals surface area (Å²) in [7, 11) is 0. The van der Waals surface area contributed by atoms with Crippen molar-refractivity contribution < 1.29 is 27.6 Å². The molecule has 9 nitrogen and oxygen atoms in total. The Bertz CT molecular complexity index is 2110. The molecule has 2 aliphatic rings. The van der Waals surface area contributed by atoms with E-state index in [0.29, 0.717) is 22.9 Å². The number of benzene rings is 1. The summed E-state index contributed by atoms with van der Waals surface area (Å²) in [6.07, 6.45) is 3.01. The van der Waals surface area contributed by atoms with Crippen molar-refractivity contribution in [1.29, 1.82) is 0 Å². The lowest BCUT2D eigenvalue weighted by Crippen LogP contribution is -2.39. The van der Waals surface area contributed by atoms with E-state index in [1.807, 2.05) is 38.2 Å². The van der Waals surface area contributed by atoms with Gasteiger partial charge in [0.2, 0.25) is 5.91 Å². The maximum Gasteiger partial charge on any atom is 0.433 e. The number of fused-ring (bicyclic) bond motifs is 4. The number of alkyl halides is 3. The van der Waals surface area contributed by atoms with E-state index >= 15 is 0 Å². The van der Waals surface area contributed by atoms with E-state index in [2.05, 4.69) is 20.4 Å². The molecule has 1 amide bonds. The van der Waals surface area contributed by atoms with E-state index in [-0.39, 0.29) is 35.8 Å². The summed E-state index contributed by atoms with van der Waals surface area (Å²) in [5.41, 5.74) is 4.66. The predicted molar refractivity (Wildman–Crippen MR) is 169 cm³/mol. The topological polar surface area (TPSA) is 111 Å². The van der Waals surface area contributed by atoms with Crippen molar-refractivity contribution in [2.24, 2.45) is 23.7 Å². The van der Waals surface area contributed by atoms with Crippen LogP contribution in [0.3, 0.4) is 0 Å². The average Bonchev–Trinajstić information content (AvgIpc) is 3.79. The molecule has 4 aromatic heterocycles. The van der Waals surface area contributed by atoms with Gasteiger partial charge in [0.15, 0.2) is 17.2 Å². The van der Waals surface area contributed by atoms with Crippen LogP contribution in [0.5, 0.6) is 0 Å². The first-order valence-corrected chi connectivity index (χ1v) is 15.6. The minimum atomic E-state index is -4.65. The number of rotatable bonds is 7. The predicted octanol–water partition coefficient (Wildman–Crippen LogP) is 6.76. The van der Waals surface area contributed by atoms with Crippen LogP contribution in [-0.4, -0.2) is 41.6 Å². The first kappa shape index (κ1) is 30.8. The third-order valence-corrected chi connectivity index (χ3v) is 9.86. The molecule has 7 rings (SSSR count). The number of ketones is 2. The number of carbonyl (C=O) groups excluding carboxylic acids is 3. The van der Waals surface area contributed by atoms with E-state index in [0.717, 1.165) is 52.5 Å². The van der Waals surface area contributed by atoms with Crippen LogP contribution >= 0.6 is 0 Å². The van der Waals surface area contributed by atoms with Gasteiger partial charge < -0.3 is 9.88 Å². The summed E-state index contributed by atoms with van der Waals surface area (Å²) in [6.45, 7) is 6.86. The molecule has 2 saturated carbocycles. The van der Waals surface area contributed by atoms with Gasteiger partial charge in [-0.05, 0) is 93.7 Å². The van der Waals surface area contributed by atoms with Crippen LogP contribution in [0.1, 0.15) is 59.1 Å². The molecule has 4 atom stereocenters. The SMILES string of the molecule is CC(=O)c1cn(CC(=O)C2C3CCC(C3)[C@@H]2C(=O)Nc2nc(C(F)(F)F)ccc2C)c2c(C)cc(-c3cnc4cc(C)nn4c3)cc12. The second-order valence-corrected chi connectivity index (χ2v) is 13.0. The van der Waals surface area contributed by atoms with Crippen LogP contribution in [-0.2, 0) is 22.3 Å². The number of anilines is 1. The van der Waals surface area contributed by atoms with Gasteiger partial charge in [-0.25, -0.2) is 14.5 Å². The number of hydrogen-bond acceptors (Lipinski definition) is 6. The number of aryl methyl sites for hydroxylation is 3. The normalized spacial score (nSPS) is 20.7. The Balaban J connectivity index is 1.20. The van der Waals surface area contributed by atoms with E-state index in [1.165, 1.54) is 13.0 Å². The Labute approximate surface area is 268 Å². The van der Waals surface area contributed by atoms with Crippen LogP contribution < -0.4 is 5.32 Å². The van der Waals surface area contributed by atoms with Gasteiger partial charge in [-0.3, -0.25) is 14.4 Å². The van der Waals surface area contributed by atoms with Crippen molar-refractivity contribution in [2.75, 3.05) is 5.32 Å². The highest BCUT2D eigenvalue weighted by atomic mass is 19.4. The summed E-state index contributed by atoms with van der Waals surface area (Å²) in [5, 5.41) is 7.80. The lowest BCUT2D eigenvalue weighted by molar-refractivity contribution is -0.141. The van der Waals surface area contributed by atoms with E-state index in [4.69, 9.17) is 0 Å². The largest absolute Gasteiger partial charge is 0.433 e. The van der Waals surface area contributed by atoms with E-state index < -0.39 is 29.6 Å². The average molecular weight is 643 g/mol. The van der Waals surface area contributed by atoms with Gasteiger partial charge in [0.25, 0.3) is 0 Å². The van der Waals surface area contributed by atoms with Crippen molar-refractivity contribution in [3.8, 4) is 11.1 Å². The molecule has 0 aliphatic heterocycles. The Morgan fingerprint density at radius 3 is 2.43 bits per heavy atom. The second kappa shape index (κ2) is 11.1. The molecule has 4 heterocycles. The molecule has 2 fully saturated rings. The Morgan fingerprint density at radius 1 is 0.957 bits per heavy atom. The third-order valence-electron chi connectivity index (χ3n) is 9.86. The van der Waals surface area contributed by atoms with Gasteiger partial charge in [-0.2, -0.15) is 18.3 Å². The highest BCUT2D eigenvalue weighted by Gasteiger charge is 2.53. The van der Waals surface area contributed by atoms with E-state index in [9.17, 15) is 27.6 Å². The van der Waals surface area contributed by atoms with Crippen molar-refractivity contribution in [2.45, 2.75) is 59.7 Å². The zero-order valence-corrected chi connectivity index (χ0v) is 26.4. The van der Waals surface area contributed by atoms with Crippen molar-refractivity contribution >= 4 is 39.8 Å².